The molecule has 1 atom stereocenters. The second kappa shape index (κ2) is 10.9. The smallest absolute Gasteiger partial charge is 0.261 e. The Labute approximate surface area is 179 Å². The molecule has 2 aromatic heterocycles. The number of amides is 2. The van der Waals surface area contributed by atoms with Crippen LogP contribution in [0.25, 0.3) is 10.8 Å². The van der Waals surface area contributed by atoms with Crippen LogP contribution in [0.3, 0.4) is 0 Å². The normalized spacial score (nSPS) is 11.1. The van der Waals surface area contributed by atoms with Crippen molar-refractivity contribution in [3.05, 3.63) is 94.9 Å². The lowest BCUT2D eigenvalue weighted by atomic mass is 10.1. The number of aromatic nitrogens is 1. The molecular weight excluding hydrogens is 394 g/mol. The van der Waals surface area contributed by atoms with E-state index in [1.807, 2.05) is 66.9 Å². The highest BCUT2D eigenvalue weighted by Gasteiger charge is 2.10. The first-order chi connectivity index (χ1) is 14.7. The topological polar surface area (TPSA) is 71.1 Å². The first-order valence-corrected chi connectivity index (χ1v) is 10.5. The van der Waals surface area contributed by atoms with Crippen LogP contribution < -0.4 is 10.6 Å². The van der Waals surface area contributed by atoms with E-state index in [4.69, 9.17) is 0 Å². The summed E-state index contributed by atoms with van der Waals surface area (Å²) in [5.74, 6) is 0.0171. The van der Waals surface area contributed by atoms with E-state index in [1.165, 1.54) is 16.9 Å². The molecule has 6 heteroatoms. The summed E-state index contributed by atoms with van der Waals surface area (Å²) >= 11 is 1.47. The number of nitrogens with zero attached hydrogens (tertiary/aromatic N) is 1. The number of carbonyl (C=O) groups is 2. The summed E-state index contributed by atoms with van der Waals surface area (Å²) in [6.45, 7) is 2.03. The third-order valence-corrected chi connectivity index (χ3v) is 5.27. The van der Waals surface area contributed by atoms with E-state index in [0.717, 1.165) is 27.8 Å². The van der Waals surface area contributed by atoms with Gasteiger partial charge in [-0.2, -0.15) is 0 Å². The first kappa shape index (κ1) is 21.2. The summed E-state index contributed by atoms with van der Waals surface area (Å²) in [6.07, 6.45) is 5.01. The molecule has 4 aromatic rings. The Hall–Kier alpha value is -3.51. The number of nitrogens with one attached hydrogen (secondary N) is 2. The molecule has 2 aromatic carbocycles. The number of rotatable bonds is 6. The maximum Gasteiger partial charge on any atom is 0.261 e. The minimum Gasteiger partial charge on any atom is -0.349 e. The zero-order valence-corrected chi connectivity index (χ0v) is 17.4. The monoisotopic (exact) mass is 417 g/mol. The van der Waals surface area contributed by atoms with Gasteiger partial charge in [0.1, 0.15) is 0 Å². The van der Waals surface area contributed by atoms with Gasteiger partial charge in [-0.3, -0.25) is 14.6 Å². The van der Waals surface area contributed by atoms with Crippen LogP contribution in [0.5, 0.6) is 0 Å². The van der Waals surface area contributed by atoms with Crippen molar-refractivity contribution in [1.29, 1.82) is 0 Å². The van der Waals surface area contributed by atoms with E-state index < -0.39 is 0 Å². The largest absolute Gasteiger partial charge is 0.349 e. The zero-order valence-electron chi connectivity index (χ0n) is 16.6. The van der Waals surface area contributed by atoms with Crippen molar-refractivity contribution in [3.8, 4) is 0 Å². The summed E-state index contributed by atoms with van der Waals surface area (Å²) in [6, 6.07) is 21.6. The molecular formula is C24H23N3O2S. The van der Waals surface area contributed by atoms with Crippen molar-refractivity contribution in [3.63, 3.8) is 0 Å². The second-order valence-corrected chi connectivity index (χ2v) is 7.65. The van der Waals surface area contributed by atoms with Crippen molar-refractivity contribution in [2.24, 2.45) is 0 Å². The summed E-state index contributed by atoms with van der Waals surface area (Å²) in [5.41, 5.74) is 2.06. The van der Waals surface area contributed by atoms with E-state index in [9.17, 15) is 9.59 Å². The molecule has 0 bridgehead atoms. The maximum atomic E-state index is 11.8. The Morgan fingerprint density at radius 1 is 1.07 bits per heavy atom. The molecule has 0 aliphatic rings. The Morgan fingerprint density at radius 2 is 1.90 bits per heavy atom. The molecule has 0 aliphatic carbocycles. The van der Waals surface area contributed by atoms with Gasteiger partial charge in [-0.1, -0.05) is 48.5 Å². The van der Waals surface area contributed by atoms with Crippen LogP contribution in [0.4, 0.5) is 5.69 Å². The molecule has 5 nitrogen and oxygen atoms in total. The molecule has 0 spiro atoms. The number of benzene rings is 2. The van der Waals surface area contributed by atoms with Gasteiger partial charge >= 0.3 is 0 Å². The average molecular weight is 418 g/mol. The van der Waals surface area contributed by atoms with E-state index in [-0.39, 0.29) is 11.9 Å². The maximum absolute atomic E-state index is 11.8. The van der Waals surface area contributed by atoms with Gasteiger partial charge in [-0.15, -0.1) is 11.3 Å². The van der Waals surface area contributed by atoms with Crippen LogP contribution in [0, 0.1) is 0 Å². The van der Waals surface area contributed by atoms with Gasteiger partial charge in [0.2, 0.25) is 6.41 Å². The van der Waals surface area contributed by atoms with E-state index >= 15 is 0 Å². The van der Waals surface area contributed by atoms with Crippen LogP contribution in [-0.4, -0.2) is 23.3 Å². The van der Waals surface area contributed by atoms with Crippen molar-refractivity contribution >= 4 is 40.1 Å². The molecule has 152 valence electrons. The van der Waals surface area contributed by atoms with Gasteiger partial charge in [-0.05, 0) is 42.5 Å². The molecule has 0 saturated carbocycles. The third-order valence-electron chi connectivity index (χ3n) is 4.40. The van der Waals surface area contributed by atoms with Crippen molar-refractivity contribution in [1.82, 2.24) is 10.3 Å². The van der Waals surface area contributed by atoms with Gasteiger partial charge in [0.25, 0.3) is 5.91 Å². The van der Waals surface area contributed by atoms with E-state index in [0.29, 0.717) is 6.41 Å². The number of fused-ring (bicyclic) bond motifs is 1. The van der Waals surface area contributed by atoms with Crippen LogP contribution in [0.15, 0.2) is 84.5 Å². The number of pyridine rings is 1. The highest BCUT2D eigenvalue weighted by atomic mass is 32.1. The summed E-state index contributed by atoms with van der Waals surface area (Å²) in [4.78, 5) is 26.9. The van der Waals surface area contributed by atoms with Gasteiger partial charge < -0.3 is 10.6 Å². The predicted molar refractivity (Wildman–Crippen MR) is 123 cm³/mol. The quantitative estimate of drug-likeness (QED) is 0.438. The van der Waals surface area contributed by atoms with Crippen LogP contribution in [0.2, 0.25) is 0 Å². The fourth-order valence-electron chi connectivity index (χ4n) is 3.03. The van der Waals surface area contributed by atoms with Crippen molar-refractivity contribution in [2.45, 2.75) is 19.4 Å². The lowest BCUT2D eigenvalue weighted by molar-refractivity contribution is -0.105. The highest BCUT2D eigenvalue weighted by molar-refractivity contribution is 7.12. The molecule has 0 radical (unpaired) electrons. The molecule has 30 heavy (non-hydrogen) atoms. The molecule has 2 N–H and O–H groups in total. The van der Waals surface area contributed by atoms with Crippen LogP contribution >= 0.6 is 11.3 Å². The van der Waals surface area contributed by atoms with Gasteiger partial charge in [-0.25, -0.2) is 0 Å². The van der Waals surface area contributed by atoms with Crippen LogP contribution in [0.1, 0.15) is 22.2 Å². The Bertz CT molecular complexity index is 1080. The molecule has 2 amide bonds. The molecule has 0 aliphatic heterocycles. The standard InChI is InChI=1S/C14H15NOS.C10H8N2O/c1-11(10-12-6-3-2-4-7-12)15-14(16)13-8-5-9-17-13;13-7-12-10-3-1-2-8-6-11-5-4-9(8)10/h2-9,11H,10H2,1H3,(H,15,16);1-7H,(H,12,13). The molecule has 1 unspecified atom stereocenters. The third kappa shape index (κ3) is 5.99. The first-order valence-electron chi connectivity index (χ1n) is 9.58. The zero-order chi connectivity index (χ0) is 21.2. The predicted octanol–water partition coefficient (Wildman–Crippen LogP) is 4.91. The summed E-state index contributed by atoms with van der Waals surface area (Å²) < 4.78 is 0. The van der Waals surface area contributed by atoms with Gasteiger partial charge in [0.05, 0.1) is 4.88 Å². The number of carbonyl (C=O) groups excluding carboxylic acids is 2. The fraction of sp³-hybridized carbons (Fsp3) is 0.125. The molecule has 0 fully saturated rings. The van der Waals surface area contributed by atoms with E-state index in [1.54, 1.807) is 12.4 Å². The van der Waals surface area contributed by atoms with E-state index in [2.05, 4.69) is 27.8 Å². The Balaban J connectivity index is 0.000000177. The minimum atomic E-state index is 0.0171. The molecule has 0 saturated heterocycles. The molecule has 4 rings (SSSR count). The van der Waals surface area contributed by atoms with Crippen molar-refractivity contribution < 1.29 is 9.59 Å². The Kier molecular flexibility index (Phi) is 7.69. The lowest BCUT2D eigenvalue weighted by Gasteiger charge is -2.13. The average Bonchev–Trinajstić information content (AvgIpc) is 3.31. The minimum absolute atomic E-state index is 0.0171. The number of hydrogen-bond acceptors (Lipinski definition) is 4. The van der Waals surface area contributed by atoms with Crippen LogP contribution in [-0.2, 0) is 11.2 Å². The van der Waals surface area contributed by atoms with Gasteiger partial charge in [0, 0.05) is 34.9 Å². The number of anilines is 1. The Morgan fingerprint density at radius 3 is 2.63 bits per heavy atom. The molecule has 2 heterocycles. The lowest BCUT2D eigenvalue weighted by Crippen LogP contribution is -2.33. The number of hydrogen-bond donors (Lipinski definition) is 2. The van der Waals surface area contributed by atoms with Crippen molar-refractivity contribution in [2.75, 3.05) is 5.32 Å². The number of thiophene rings is 1. The second-order valence-electron chi connectivity index (χ2n) is 6.71. The summed E-state index contributed by atoms with van der Waals surface area (Å²) in [5, 5.41) is 9.58. The van der Waals surface area contributed by atoms with Gasteiger partial charge in [0.15, 0.2) is 0 Å². The SMILES string of the molecule is CC(Cc1ccccc1)NC(=O)c1cccs1.O=CNc1cccc2cnccc12. The highest BCUT2D eigenvalue weighted by Crippen LogP contribution is 2.21. The fourth-order valence-corrected chi connectivity index (χ4v) is 3.66. The summed E-state index contributed by atoms with van der Waals surface area (Å²) in [7, 11) is 0.